The molecule has 88 valence electrons. The lowest BCUT2D eigenvalue weighted by Gasteiger charge is -2.31. The molecule has 0 unspecified atom stereocenters. The Balaban J connectivity index is 2.17. The highest BCUT2D eigenvalue weighted by Gasteiger charge is 2.22. The van der Waals surface area contributed by atoms with Crippen LogP contribution in [0.25, 0.3) is 0 Å². The molecule has 0 heterocycles. The molecule has 16 heavy (non-hydrogen) atoms. The highest BCUT2D eigenvalue weighted by atomic mass is 16.3. The topological polar surface area (TPSA) is 23.5 Å². The molecule has 0 aliphatic heterocycles. The lowest BCUT2D eigenvalue weighted by molar-refractivity contribution is 0.474. The first-order valence-corrected chi connectivity index (χ1v) is 6.37. The highest BCUT2D eigenvalue weighted by molar-refractivity contribution is 5.51. The maximum Gasteiger partial charge on any atom is 0.117 e. The Morgan fingerprint density at radius 3 is 2.69 bits per heavy atom. The van der Waals surface area contributed by atoms with Crippen LogP contribution in [0.3, 0.4) is 0 Å². The fraction of sp³-hybridized carbons (Fsp3) is 0.571. The first-order chi connectivity index (χ1) is 7.81. The van der Waals surface area contributed by atoms with Gasteiger partial charge in [-0.1, -0.05) is 25.8 Å². The summed E-state index contributed by atoms with van der Waals surface area (Å²) in [7, 11) is 0. The van der Waals surface area contributed by atoms with Crippen LogP contribution in [0, 0.1) is 0 Å². The molecule has 2 rings (SSSR count). The van der Waals surface area contributed by atoms with E-state index in [0.29, 0.717) is 11.8 Å². The van der Waals surface area contributed by atoms with Gasteiger partial charge in [-0.25, -0.2) is 0 Å². The van der Waals surface area contributed by atoms with Crippen molar-refractivity contribution in [1.29, 1.82) is 0 Å². The second-order valence-corrected chi connectivity index (χ2v) is 4.65. The summed E-state index contributed by atoms with van der Waals surface area (Å²) in [5.74, 6) is 0.372. The van der Waals surface area contributed by atoms with Crippen molar-refractivity contribution in [1.82, 2.24) is 0 Å². The third-order valence-corrected chi connectivity index (χ3v) is 3.39. The third-order valence-electron chi connectivity index (χ3n) is 3.39. The lowest BCUT2D eigenvalue weighted by Crippen LogP contribution is -2.33. The van der Waals surface area contributed by atoms with E-state index < -0.39 is 0 Å². The summed E-state index contributed by atoms with van der Waals surface area (Å²) in [5, 5.41) is 9.55. The number of nitrogens with zero attached hydrogens (tertiary/aromatic N) is 1. The molecule has 1 aliphatic rings. The number of hydrogen-bond donors (Lipinski definition) is 1. The summed E-state index contributed by atoms with van der Waals surface area (Å²) in [4.78, 5) is 2.46. The van der Waals surface area contributed by atoms with Gasteiger partial charge in [0.25, 0.3) is 0 Å². The minimum Gasteiger partial charge on any atom is -0.508 e. The average molecular weight is 219 g/mol. The lowest BCUT2D eigenvalue weighted by atomic mass is 10.1. The van der Waals surface area contributed by atoms with Gasteiger partial charge in [-0.2, -0.15) is 0 Å². The molecule has 0 spiro atoms. The normalized spacial score (nSPS) is 16.6. The van der Waals surface area contributed by atoms with Crippen molar-refractivity contribution in [2.75, 3.05) is 11.4 Å². The van der Waals surface area contributed by atoms with Gasteiger partial charge in [0.1, 0.15) is 5.75 Å². The van der Waals surface area contributed by atoms with E-state index in [-0.39, 0.29) is 0 Å². The molecule has 0 amide bonds. The number of anilines is 1. The van der Waals surface area contributed by atoms with Crippen LogP contribution < -0.4 is 4.90 Å². The van der Waals surface area contributed by atoms with Gasteiger partial charge in [0.2, 0.25) is 0 Å². The molecule has 1 aromatic rings. The summed E-state index contributed by atoms with van der Waals surface area (Å²) < 4.78 is 0. The Morgan fingerprint density at radius 2 is 2.06 bits per heavy atom. The number of aromatic hydroxyl groups is 1. The molecule has 0 radical (unpaired) electrons. The molecule has 1 saturated carbocycles. The van der Waals surface area contributed by atoms with Crippen LogP contribution in [-0.2, 0) is 0 Å². The Hall–Kier alpha value is -1.18. The number of phenolic OH excluding ortho intramolecular Hbond substituents is 1. The number of rotatable bonds is 4. The van der Waals surface area contributed by atoms with Gasteiger partial charge in [0, 0.05) is 24.3 Å². The molecule has 0 aromatic heterocycles. The predicted octanol–water partition coefficient (Wildman–Crippen LogP) is 3.55. The van der Waals surface area contributed by atoms with Crippen LogP contribution in [0.5, 0.6) is 5.75 Å². The first kappa shape index (κ1) is 11.3. The van der Waals surface area contributed by atoms with Crippen LogP contribution in [-0.4, -0.2) is 17.7 Å². The quantitative estimate of drug-likeness (QED) is 0.837. The van der Waals surface area contributed by atoms with Gasteiger partial charge >= 0.3 is 0 Å². The summed E-state index contributed by atoms with van der Waals surface area (Å²) in [6, 6.07) is 8.34. The van der Waals surface area contributed by atoms with Crippen LogP contribution in [0.4, 0.5) is 5.69 Å². The summed E-state index contributed by atoms with van der Waals surface area (Å²) in [6.45, 7) is 3.30. The smallest absolute Gasteiger partial charge is 0.117 e. The van der Waals surface area contributed by atoms with Crippen molar-refractivity contribution in [3.8, 4) is 5.75 Å². The van der Waals surface area contributed by atoms with E-state index in [9.17, 15) is 5.11 Å². The molecule has 2 heteroatoms. The van der Waals surface area contributed by atoms with Gasteiger partial charge in [-0.3, -0.25) is 0 Å². The number of benzene rings is 1. The minimum absolute atomic E-state index is 0.372. The molecule has 0 atom stereocenters. The number of phenols is 1. The second-order valence-electron chi connectivity index (χ2n) is 4.65. The SMILES string of the molecule is CCCN(c1cccc(O)c1)C1CCCC1. The van der Waals surface area contributed by atoms with Gasteiger partial charge in [0.05, 0.1) is 0 Å². The van der Waals surface area contributed by atoms with E-state index in [1.165, 1.54) is 31.4 Å². The maximum absolute atomic E-state index is 9.55. The van der Waals surface area contributed by atoms with Crippen LogP contribution in [0.2, 0.25) is 0 Å². The van der Waals surface area contributed by atoms with E-state index in [1.54, 1.807) is 6.07 Å². The molecular weight excluding hydrogens is 198 g/mol. The zero-order valence-electron chi connectivity index (χ0n) is 10.0. The van der Waals surface area contributed by atoms with E-state index in [0.717, 1.165) is 13.0 Å². The monoisotopic (exact) mass is 219 g/mol. The van der Waals surface area contributed by atoms with Gasteiger partial charge in [0.15, 0.2) is 0 Å². The van der Waals surface area contributed by atoms with Gasteiger partial charge in [-0.05, 0) is 31.4 Å². The second kappa shape index (κ2) is 5.24. The third kappa shape index (κ3) is 2.49. The van der Waals surface area contributed by atoms with Crippen molar-refractivity contribution in [2.24, 2.45) is 0 Å². The van der Waals surface area contributed by atoms with E-state index >= 15 is 0 Å². The van der Waals surface area contributed by atoms with Crippen LogP contribution >= 0.6 is 0 Å². The highest BCUT2D eigenvalue weighted by Crippen LogP contribution is 2.29. The average Bonchev–Trinajstić information content (AvgIpc) is 2.79. The van der Waals surface area contributed by atoms with Crippen molar-refractivity contribution < 1.29 is 5.11 Å². The summed E-state index contributed by atoms with van der Waals surface area (Å²) in [6.07, 6.45) is 6.46. The molecule has 0 saturated heterocycles. The zero-order valence-corrected chi connectivity index (χ0v) is 10.0. The molecular formula is C14H21NO. The molecule has 1 N–H and O–H groups in total. The van der Waals surface area contributed by atoms with Gasteiger partial charge in [-0.15, -0.1) is 0 Å². The molecule has 2 nitrogen and oxygen atoms in total. The fourth-order valence-electron chi connectivity index (χ4n) is 2.65. The summed E-state index contributed by atoms with van der Waals surface area (Å²) in [5.41, 5.74) is 1.17. The molecule has 1 fully saturated rings. The molecule has 1 aliphatic carbocycles. The van der Waals surface area contributed by atoms with E-state index in [1.807, 2.05) is 12.1 Å². The Kier molecular flexibility index (Phi) is 3.70. The van der Waals surface area contributed by atoms with E-state index in [2.05, 4.69) is 17.9 Å². The zero-order chi connectivity index (χ0) is 11.4. The summed E-state index contributed by atoms with van der Waals surface area (Å²) >= 11 is 0. The maximum atomic E-state index is 9.55. The predicted molar refractivity (Wildman–Crippen MR) is 68.0 cm³/mol. The number of hydrogen-bond acceptors (Lipinski definition) is 2. The molecule has 1 aromatic carbocycles. The largest absolute Gasteiger partial charge is 0.508 e. The van der Waals surface area contributed by atoms with Crippen LogP contribution in [0.1, 0.15) is 39.0 Å². The Morgan fingerprint density at radius 1 is 1.31 bits per heavy atom. The Bertz CT molecular complexity index is 331. The van der Waals surface area contributed by atoms with E-state index in [4.69, 9.17) is 0 Å². The Labute approximate surface area is 97.9 Å². The van der Waals surface area contributed by atoms with Crippen LogP contribution in [0.15, 0.2) is 24.3 Å². The standard InChI is InChI=1S/C14H21NO/c1-2-10-15(12-6-3-4-7-12)13-8-5-9-14(16)11-13/h5,8-9,11-12,16H,2-4,6-7,10H2,1H3. The first-order valence-electron chi connectivity index (χ1n) is 6.37. The van der Waals surface area contributed by atoms with Crippen molar-refractivity contribution in [2.45, 2.75) is 45.1 Å². The van der Waals surface area contributed by atoms with Crippen molar-refractivity contribution >= 4 is 5.69 Å². The molecule has 0 bridgehead atoms. The van der Waals surface area contributed by atoms with Crippen molar-refractivity contribution in [3.05, 3.63) is 24.3 Å². The van der Waals surface area contributed by atoms with Crippen molar-refractivity contribution in [3.63, 3.8) is 0 Å². The van der Waals surface area contributed by atoms with Gasteiger partial charge < -0.3 is 10.0 Å². The minimum atomic E-state index is 0.372. The fourth-order valence-corrected chi connectivity index (χ4v) is 2.65.